The molecule has 0 unspecified atom stereocenters. The van der Waals surface area contributed by atoms with Crippen molar-refractivity contribution in [3.05, 3.63) is 0 Å². The second kappa shape index (κ2) is 5.98. The Labute approximate surface area is 85.0 Å². The first-order valence-corrected chi connectivity index (χ1v) is 5.08. The fourth-order valence-electron chi connectivity index (χ4n) is 1.67. The number of carbonyl (C=O) groups is 1. The van der Waals surface area contributed by atoms with Crippen LogP contribution in [0.2, 0.25) is 0 Å². The van der Waals surface area contributed by atoms with Crippen molar-refractivity contribution < 1.29 is 14.3 Å². The fraction of sp³-hybridized carbons (Fsp3) is 0.900. The smallest absolute Gasteiger partial charge is 0.308 e. The number of methoxy groups -OCH3 is 2. The normalized spacial score (nSPS) is 25.6. The van der Waals surface area contributed by atoms with Crippen LogP contribution in [-0.4, -0.2) is 39.4 Å². The average molecular weight is 201 g/mol. The zero-order chi connectivity index (χ0) is 10.4. The average Bonchev–Trinajstić information content (AvgIpc) is 2.14. The molecule has 0 heterocycles. The van der Waals surface area contributed by atoms with E-state index in [1.807, 2.05) is 0 Å². The summed E-state index contributed by atoms with van der Waals surface area (Å²) in [6.07, 6.45) is 2.86. The van der Waals surface area contributed by atoms with Crippen LogP contribution in [0.25, 0.3) is 0 Å². The molecule has 1 rings (SSSR count). The van der Waals surface area contributed by atoms with E-state index >= 15 is 0 Å². The van der Waals surface area contributed by atoms with Gasteiger partial charge in [-0.05, 0) is 25.8 Å². The molecule has 0 aromatic rings. The van der Waals surface area contributed by atoms with E-state index in [9.17, 15) is 4.79 Å². The number of ether oxygens (including phenoxy) is 2. The molecule has 4 nitrogen and oxygen atoms in total. The minimum absolute atomic E-state index is 0.0695. The Hall–Kier alpha value is -0.610. The highest BCUT2D eigenvalue weighted by atomic mass is 16.5. The Bertz CT molecular complexity index is 178. The molecular formula is C10H19NO3. The summed E-state index contributed by atoms with van der Waals surface area (Å²) < 4.78 is 9.60. The Morgan fingerprint density at radius 2 is 2.14 bits per heavy atom. The van der Waals surface area contributed by atoms with E-state index in [0.29, 0.717) is 6.04 Å². The molecule has 0 aliphatic heterocycles. The van der Waals surface area contributed by atoms with Crippen molar-refractivity contribution >= 4 is 5.97 Å². The summed E-state index contributed by atoms with van der Waals surface area (Å²) in [6, 6.07) is 0.496. The molecule has 14 heavy (non-hydrogen) atoms. The molecule has 1 saturated carbocycles. The van der Waals surface area contributed by atoms with Crippen molar-refractivity contribution in [3.63, 3.8) is 0 Å². The summed E-state index contributed by atoms with van der Waals surface area (Å²) in [7, 11) is 3.15. The zero-order valence-electron chi connectivity index (χ0n) is 8.91. The van der Waals surface area contributed by atoms with Crippen LogP contribution in [0.4, 0.5) is 0 Å². The van der Waals surface area contributed by atoms with Gasteiger partial charge in [0.25, 0.3) is 0 Å². The van der Waals surface area contributed by atoms with Gasteiger partial charge in [0.15, 0.2) is 0 Å². The van der Waals surface area contributed by atoms with Gasteiger partial charge in [-0.15, -0.1) is 0 Å². The van der Waals surface area contributed by atoms with Gasteiger partial charge >= 0.3 is 5.97 Å². The summed E-state index contributed by atoms with van der Waals surface area (Å²) in [5.74, 6) is 0.0554. The number of hydrogen-bond donors (Lipinski definition) is 1. The largest absolute Gasteiger partial charge is 0.469 e. The van der Waals surface area contributed by atoms with E-state index in [0.717, 1.165) is 32.4 Å². The van der Waals surface area contributed by atoms with Crippen molar-refractivity contribution in [2.45, 2.75) is 25.3 Å². The van der Waals surface area contributed by atoms with Crippen molar-refractivity contribution in [1.29, 1.82) is 0 Å². The molecule has 1 fully saturated rings. The minimum atomic E-state index is -0.0695. The number of nitrogens with one attached hydrogen (secondary N) is 1. The SMILES string of the molecule is COCCCNC1CC(C(=O)OC)C1. The van der Waals surface area contributed by atoms with Gasteiger partial charge < -0.3 is 14.8 Å². The first-order valence-electron chi connectivity index (χ1n) is 5.08. The molecule has 0 saturated heterocycles. The molecule has 0 atom stereocenters. The Morgan fingerprint density at radius 3 is 2.71 bits per heavy atom. The molecule has 1 N–H and O–H groups in total. The Morgan fingerprint density at radius 1 is 1.43 bits per heavy atom. The molecule has 0 radical (unpaired) electrons. The van der Waals surface area contributed by atoms with Crippen LogP contribution >= 0.6 is 0 Å². The van der Waals surface area contributed by atoms with Gasteiger partial charge in [-0.2, -0.15) is 0 Å². The lowest BCUT2D eigenvalue weighted by atomic mass is 9.80. The molecule has 82 valence electrons. The highest BCUT2D eigenvalue weighted by Gasteiger charge is 2.34. The molecule has 0 amide bonds. The van der Waals surface area contributed by atoms with Crippen LogP contribution in [0.5, 0.6) is 0 Å². The number of hydrogen-bond acceptors (Lipinski definition) is 4. The topological polar surface area (TPSA) is 47.6 Å². The standard InChI is InChI=1S/C10H19NO3/c1-13-5-3-4-11-9-6-8(7-9)10(12)14-2/h8-9,11H,3-7H2,1-2H3. The van der Waals surface area contributed by atoms with Crippen LogP contribution in [-0.2, 0) is 14.3 Å². The van der Waals surface area contributed by atoms with Crippen molar-refractivity contribution in [2.24, 2.45) is 5.92 Å². The van der Waals surface area contributed by atoms with Crippen LogP contribution < -0.4 is 5.32 Å². The maximum absolute atomic E-state index is 11.0. The summed E-state index contributed by atoms with van der Waals surface area (Å²) in [6.45, 7) is 1.76. The quantitative estimate of drug-likeness (QED) is 0.504. The highest BCUT2D eigenvalue weighted by molar-refractivity contribution is 5.73. The monoisotopic (exact) mass is 201 g/mol. The summed E-state index contributed by atoms with van der Waals surface area (Å²) in [5.41, 5.74) is 0. The number of carbonyl (C=O) groups excluding carboxylic acids is 1. The van der Waals surface area contributed by atoms with Crippen LogP contribution in [0.15, 0.2) is 0 Å². The molecule has 4 heteroatoms. The predicted octanol–water partition coefficient (Wildman–Crippen LogP) is 0.564. The molecule has 0 aromatic carbocycles. The third kappa shape index (κ3) is 3.27. The lowest BCUT2D eigenvalue weighted by molar-refractivity contribution is -0.149. The Balaban J connectivity index is 1.96. The minimum Gasteiger partial charge on any atom is -0.469 e. The molecular weight excluding hydrogens is 182 g/mol. The van der Waals surface area contributed by atoms with E-state index in [1.54, 1.807) is 7.11 Å². The van der Waals surface area contributed by atoms with E-state index in [-0.39, 0.29) is 11.9 Å². The van der Waals surface area contributed by atoms with E-state index < -0.39 is 0 Å². The van der Waals surface area contributed by atoms with Gasteiger partial charge in [-0.25, -0.2) is 0 Å². The number of esters is 1. The third-order valence-corrected chi connectivity index (χ3v) is 2.63. The molecule has 1 aliphatic carbocycles. The summed E-state index contributed by atoms with van der Waals surface area (Å²) in [5, 5.41) is 3.38. The van der Waals surface area contributed by atoms with Gasteiger partial charge in [-0.3, -0.25) is 4.79 Å². The number of rotatable bonds is 6. The lowest BCUT2D eigenvalue weighted by Crippen LogP contribution is -2.45. The van der Waals surface area contributed by atoms with Gasteiger partial charge in [0.2, 0.25) is 0 Å². The molecule has 0 aromatic heterocycles. The molecule has 0 spiro atoms. The summed E-state index contributed by atoms with van der Waals surface area (Å²) >= 11 is 0. The highest BCUT2D eigenvalue weighted by Crippen LogP contribution is 2.28. The lowest BCUT2D eigenvalue weighted by Gasteiger charge is -2.33. The van der Waals surface area contributed by atoms with Crippen LogP contribution in [0.1, 0.15) is 19.3 Å². The molecule has 0 bridgehead atoms. The van der Waals surface area contributed by atoms with Crippen molar-refractivity contribution in [2.75, 3.05) is 27.4 Å². The second-order valence-corrected chi connectivity index (χ2v) is 3.69. The van der Waals surface area contributed by atoms with Crippen molar-refractivity contribution in [1.82, 2.24) is 5.32 Å². The maximum Gasteiger partial charge on any atom is 0.308 e. The third-order valence-electron chi connectivity index (χ3n) is 2.63. The van der Waals surface area contributed by atoms with Gasteiger partial charge in [0.1, 0.15) is 0 Å². The fourth-order valence-corrected chi connectivity index (χ4v) is 1.67. The Kier molecular flexibility index (Phi) is 4.90. The molecule has 1 aliphatic rings. The van der Waals surface area contributed by atoms with Gasteiger partial charge in [0.05, 0.1) is 13.0 Å². The van der Waals surface area contributed by atoms with E-state index in [4.69, 9.17) is 4.74 Å². The van der Waals surface area contributed by atoms with Gasteiger partial charge in [-0.1, -0.05) is 0 Å². The van der Waals surface area contributed by atoms with Crippen molar-refractivity contribution in [3.8, 4) is 0 Å². The van der Waals surface area contributed by atoms with Crippen LogP contribution in [0, 0.1) is 5.92 Å². The zero-order valence-corrected chi connectivity index (χ0v) is 8.91. The second-order valence-electron chi connectivity index (χ2n) is 3.69. The van der Waals surface area contributed by atoms with Gasteiger partial charge in [0, 0.05) is 19.8 Å². The van der Waals surface area contributed by atoms with E-state index in [1.165, 1.54) is 7.11 Å². The first-order chi connectivity index (χ1) is 6.77. The first kappa shape index (κ1) is 11.5. The van der Waals surface area contributed by atoms with Crippen LogP contribution in [0.3, 0.4) is 0 Å². The maximum atomic E-state index is 11.0. The predicted molar refractivity (Wildman–Crippen MR) is 53.0 cm³/mol. The van der Waals surface area contributed by atoms with E-state index in [2.05, 4.69) is 10.1 Å². The summed E-state index contributed by atoms with van der Waals surface area (Å²) in [4.78, 5) is 11.0.